The van der Waals surface area contributed by atoms with Gasteiger partial charge in [0.2, 0.25) is 20.1 Å². The van der Waals surface area contributed by atoms with Gasteiger partial charge in [-0.25, -0.2) is 0 Å². The van der Waals surface area contributed by atoms with Crippen LogP contribution in [0.1, 0.15) is 84.1 Å². The van der Waals surface area contributed by atoms with Crippen LogP contribution in [0, 0.1) is 5.92 Å². The average Bonchev–Trinajstić information content (AvgIpc) is 3.14. The summed E-state index contributed by atoms with van der Waals surface area (Å²) < 4.78 is 6.49. The Kier molecular flexibility index (Phi) is 7.32. The van der Waals surface area contributed by atoms with E-state index in [2.05, 4.69) is 82.6 Å². The van der Waals surface area contributed by atoms with Gasteiger partial charge in [0.25, 0.3) is 0 Å². The summed E-state index contributed by atoms with van der Waals surface area (Å²) in [5.74, 6) is 1.42. The first-order chi connectivity index (χ1) is 16.5. The highest BCUT2D eigenvalue weighted by Gasteiger charge is 2.44. The molecule has 190 valence electrons. The van der Waals surface area contributed by atoms with E-state index in [1.807, 2.05) is 0 Å². The molecule has 1 aliphatic carbocycles. The molecule has 3 unspecified atom stereocenters. The van der Waals surface area contributed by atoms with E-state index in [9.17, 15) is 9.59 Å². The van der Waals surface area contributed by atoms with Crippen molar-refractivity contribution in [3.05, 3.63) is 42.0 Å². The second-order valence-electron chi connectivity index (χ2n) is 12.1. The summed E-state index contributed by atoms with van der Waals surface area (Å²) in [6.07, 6.45) is 6.28. The molecule has 1 saturated heterocycles. The molecule has 5 nitrogen and oxygen atoms in total. The highest BCUT2D eigenvalue weighted by atomic mass is 28.4. The number of carbonyl (C=O) groups excluding carboxylic acids is 2. The van der Waals surface area contributed by atoms with Crippen LogP contribution in [0.15, 0.2) is 36.4 Å². The molecule has 1 aliphatic heterocycles. The molecular weight excluding hydrogens is 452 g/mol. The average molecular weight is 495 g/mol. The van der Waals surface area contributed by atoms with Gasteiger partial charge in [-0.3, -0.25) is 20.0 Å². The summed E-state index contributed by atoms with van der Waals surface area (Å²) in [5.41, 5.74) is 4.15. The van der Waals surface area contributed by atoms with Gasteiger partial charge in [-0.05, 0) is 78.2 Å². The van der Waals surface area contributed by atoms with Crippen LogP contribution >= 0.6 is 0 Å². The molecule has 0 radical (unpaired) electrons. The summed E-state index contributed by atoms with van der Waals surface area (Å²) in [5, 5.41) is 4.23. The second-order valence-corrected chi connectivity index (χ2v) is 16.8. The van der Waals surface area contributed by atoms with Gasteiger partial charge in [0.1, 0.15) is 5.75 Å². The van der Waals surface area contributed by atoms with Gasteiger partial charge >= 0.3 is 0 Å². The van der Waals surface area contributed by atoms with Gasteiger partial charge in [-0.15, -0.1) is 0 Å². The summed E-state index contributed by atoms with van der Waals surface area (Å²) >= 11 is 0. The van der Waals surface area contributed by atoms with Crippen LogP contribution in [0.25, 0.3) is 10.8 Å². The van der Waals surface area contributed by atoms with E-state index in [0.717, 1.165) is 44.3 Å². The van der Waals surface area contributed by atoms with Crippen LogP contribution in [0.5, 0.6) is 5.75 Å². The fourth-order valence-electron chi connectivity index (χ4n) is 5.16. The molecular formula is C29H42N2O3Si. The van der Waals surface area contributed by atoms with Crippen molar-refractivity contribution >= 4 is 30.9 Å². The number of nitrogens with one attached hydrogen (secondary N) is 1. The molecule has 0 spiro atoms. The summed E-state index contributed by atoms with van der Waals surface area (Å²) in [6.45, 7) is 13.6. The van der Waals surface area contributed by atoms with E-state index in [0.29, 0.717) is 12.3 Å². The zero-order valence-electron chi connectivity index (χ0n) is 22.3. The Morgan fingerprint density at radius 2 is 1.80 bits per heavy atom. The Morgan fingerprint density at radius 3 is 2.54 bits per heavy atom. The van der Waals surface area contributed by atoms with Gasteiger partial charge < -0.3 is 4.43 Å². The Morgan fingerprint density at radius 1 is 1.11 bits per heavy atom. The molecule has 2 aromatic rings. The van der Waals surface area contributed by atoms with Gasteiger partial charge in [-0.1, -0.05) is 64.8 Å². The Labute approximate surface area is 211 Å². The SMILES string of the molecule is CC(CCCC(=O)N1NC(=O)C2CCCCC21)c1ccc2cc(O[Si](C)(C)C(C)(C)C)ccc2c1. The van der Waals surface area contributed by atoms with E-state index < -0.39 is 8.32 Å². The van der Waals surface area contributed by atoms with Crippen LogP contribution in [-0.2, 0) is 9.59 Å². The fourth-order valence-corrected chi connectivity index (χ4v) is 6.19. The molecule has 35 heavy (non-hydrogen) atoms. The number of rotatable bonds is 7. The maximum atomic E-state index is 12.8. The third-order valence-electron chi connectivity index (χ3n) is 8.51. The molecule has 2 amide bonds. The molecule has 2 fully saturated rings. The van der Waals surface area contributed by atoms with Crippen molar-refractivity contribution in [2.24, 2.45) is 5.92 Å². The molecule has 1 heterocycles. The van der Waals surface area contributed by atoms with Crippen molar-refractivity contribution in [2.45, 2.75) is 103 Å². The van der Waals surface area contributed by atoms with Gasteiger partial charge in [0.05, 0.1) is 12.0 Å². The first-order valence-corrected chi connectivity index (χ1v) is 16.2. The molecule has 0 bridgehead atoms. The molecule has 4 rings (SSSR count). The zero-order chi connectivity index (χ0) is 25.4. The first kappa shape index (κ1) is 25.7. The number of fused-ring (bicyclic) bond motifs is 2. The van der Waals surface area contributed by atoms with Crippen molar-refractivity contribution in [1.29, 1.82) is 0 Å². The minimum absolute atomic E-state index is 0.00276. The van der Waals surface area contributed by atoms with Crippen molar-refractivity contribution in [1.82, 2.24) is 10.4 Å². The lowest BCUT2D eigenvalue weighted by atomic mass is 9.85. The number of benzene rings is 2. The topological polar surface area (TPSA) is 58.6 Å². The van der Waals surface area contributed by atoms with Crippen LogP contribution in [0.2, 0.25) is 18.1 Å². The van der Waals surface area contributed by atoms with E-state index >= 15 is 0 Å². The molecule has 0 aromatic heterocycles. The van der Waals surface area contributed by atoms with Crippen LogP contribution in [0.3, 0.4) is 0 Å². The van der Waals surface area contributed by atoms with Crippen LogP contribution < -0.4 is 9.85 Å². The van der Waals surface area contributed by atoms with Crippen LogP contribution in [-0.4, -0.2) is 31.2 Å². The van der Waals surface area contributed by atoms with Crippen LogP contribution in [0.4, 0.5) is 0 Å². The largest absolute Gasteiger partial charge is 0.543 e. The molecule has 2 aromatic carbocycles. The van der Waals surface area contributed by atoms with E-state index in [-0.39, 0.29) is 28.8 Å². The molecule has 6 heteroatoms. The number of hydrogen-bond donors (Lipinski definition) is 1. The normalized spacial score (nSPS) is 21.5. The zero-order valence-corrected chi connectivity index (χ0v) is 23.3. The maximum Gasteiger partial charge on any atom is 0.250 e. The quantitative estimate of drug-likeness (QED) is 0.425. The Hall–Kier alpha value is -2.34. The van der Waals surface area contributed by atoms with E-state index in [4.69, 9.17) is 4.43 Å². The van der Waals surface area contributed by atoms with Gasteiger partial charge in [-0.2, -0.15) is 0 Å². The van der Waals surface area contributed by atoms with Crippen molar-refractivity contribution in [3.8, 4) is 5.75 Å². The second kappa shape index (κ2) is 9.96. The summed E-state index contributed by atoms with van der Waals surface area (Å²) in [4.78, 5) is 25.1. The predicted molar refractivity (Wildman–Crippen MR) is 145 cm³/mol. The Bertz CT molecular complexity index is 1090. The van der Waals surface area contributed by atoms with Crippen molar-refractivity contribution in [3.63, 3.8) is 0 Å². The van der Waals surface area contributed by atoms with Gasteiger partial charge in [0.15, 0.2) is 0 Å². The lowest BCUT2D eigenvalue weighted by molar-refractivity contribution is -0.138. The summed E-state index contributed by atoms with van der Waals surface area (Å²) in [7, 11) is -1.86. The molecule has 1 saturated carbocycles. The predicted octanol–water partition coefficient (Wildman–Crippen LogP) is 6.93. The number of nitrogens with zero attached hydrogens (tertiary/aromatic N) is 1. The minimum Gasteiger partial charge on any atom is -0.543 e. The molecule has 2 aliphatic rings. The number of carbonyl (C=O) groups is 2. The third kappa shape index (κ3) is 5.58. The van der Waals surface area contributed by atoms with Gasteiger partial charge in [0, 0.05) is 6.42 Å². The smallest absolute Gasteiger partial charge is 0.250 e. The minimum atomic E-state index is -1.86. The summed E-state index contributed by atoms with van der Waals surface area (Å²) in [6, 6.07) is 13.1. The molecule has 3 atom stereocenters. The lowest BCUT2D eigenvalue weighted by Gasteiger charge is -2.36. The standard InChI is InChI=1S/C29H42N2O3Si/c1-20(10-9-13-27(32)31-26-12-8-7-11-25(26)28(33)30-31)21-14-15-23-19-24(17-16-22(23)18-21)34-35(5,6)29(2,3)4/h14-20,25-26H,7-13H2,1-6H3,(H,30,33). The number of hydrogen-bond acceptors (Lipinski definition) is 3. The van der Waals surface area contributed by atoms with Crippen molar-refractivity contribution < 1.29 is 14.0 Å². The Balaban J connectivity index is 1.34. The maximum absolute atomic E-state index is 12.8. The highest BCUT2D eigenvalue weighted by Crippen LogP contribution is 2.38. The number of hydrazine groups is 1. The highest BCUT2D eigenvalue weighted by molar-refractivity contribution is 6.74. The third-order valence-corrected chi connectivity index (χ3v) is 12.9. The fraction of sp³-hybridized carbons (Fsp3) is 0.586. The lowest BCUT2D eigenvalue weighted by Crippen LogP contribution is -2.44. The van der Waals surface area contributed by atoms with E-state index in [1.165, 1.54) is 16.3 Å². The first-order valence-electron chi connectivity index (χ1n) is 13.3. The van der Waals surface area contributed by atoms with E-state index in [1.54, 1.807) is 5.01 Å². The number of amides is 2. The molecule has 1 N–H and O–H groups in total. The van der Waals surface area contributed by atoms with Crippen molar-refractivity contribution in [2.75, 3.05) is 0 Å². The monoisotopic (exact) mass is 494 g/mol.